The molecule has 3 heteroatoms. The molecule has 2 aliphatic rings. The highest BCUT2D eigenvalue weighted by Gasteiger charge is 2.39. The second-order valence-electron chi connectivity index (χ2n) is 5.18. The van der Waals surface area contributed by atoms with Gasteiger partial charge in [0.15, 0.2) is 0 Å². The minimum Gasteiger partial charge on any atom is -0.350 e. The first kappa shape index (κ1) is 10.9. The monoisotopic (exact) mass is 210 g/mol. The van der Waals surface area contributed by atoms with Crippen LogP contribution in [0.1, 0.15) is 39.5 Å². The number of carbonyl (C=O) groups excluding carboxylic acids is 1. The van der Waals surface area contributed by atoms with E-state index in [1.807, 2.05) is 0 Å². The van der Waals surface area contributed by atoms with Crippen LogP contribution >= 0.6 is 0 Å². The van der Waals surface area contributed by atoms with Gasteiger partial charge < -0.3 is 10.6 Å². The highest BCUT2D eigenvalue weighted by molar-refractivity contribution is 5.79. The molecule has 1 amide bonds. The Morgan fingerprint density at radius 3 is 2.53 bits per heavy atom. The zero-order valence-electron chi connectivity index (χ0n) is 9.81. The molecule has 1 heterocycles. The van der Waals surface area contributed by atoms with Crippen LogP contribution in [0.5, 0.6) is 0 Å². The molecule has 0 radical (unpaired) electrons. The summed E-state index contributed by atoms with van der Waals surface area (Å²) in [5, 5.41) is 6.48. The average molecular weight is 210 g/mol. The molecule has 1 saturated carbocycles. The van der Waals surface area contributed by atoms with Crippen molar-refractivity contribution in [3.05, 3.63) is 0 Å². The van der Waals surface area contributed by atoms with E-state index in [4.69, 9.17) is 0 Å². The van der Waals surface area contributed by atoms with E-state index < -0.39 is 0 Å². The standard InChI is InChI=1S/C12H22N2O/c1-3-12(5-4-6-12)14-11(15)9(2)10-7-13-8-10/h9-10,13H,3-8H2,1-2H3,(H,14,15). The molecule has 0 bridgehead atoms. The highest BCUT2D eigenvalue weighted by Crippen LogP contribution is 2.35. The van der Waals surface area contributed by atoms with Crippen molar-refractivity contribution in [3.63, 3.8) is 0 Å². The third-order valence-corrected chi connectivity index (χ3v) is 4.31. The van der Waals surface area contributed by atoms with Gasteiger partial charge in [0.25, 0.3) is 0 Å². The van der Waals surface area contributed by atoms with Crippen LogP contribution < -0.4 is 10.6 Å². The van der Waals surface area contributed by atoms with Crippen LogP contribution in [-0.4, -0.2) is 24.5 Å². The van der Waals surface area contributed by atoms with E-state index in [0.717, 1.165) is 19.5 Å². The third-order valence-electron chi connectivity index (χ3n) is 4.31. The van der Waals surface area contributed by atoms with Gasteiger partial charge in [-0.25, -0.2) is 0 Å². The summed E-state index contributed by atoms with van der Waals surface area (Å²) in [5.41, 5.74) is 0.155. The maximum Gasteiger partial charge on any atom is 0.223 e. The van der Waals surface area contributed by atoms with Gasteiger partial charge >= 0.3 is 0 Å². The van der Waals surface area contributed by atoms with E-state index in [-0.39, 0.29) is 17.4 Å². The van der Waals surface area contributed by atoms with Crippen LogP contribution in [0, 0.1) is 11.8 Å². The second-order valence-corrected chi connectivity index (χ2v) is 5.18. The van der Waals surface area contributed by atoms with Crippen molar-refractivity contribution in [2.45, 2.75) is 45.1 Å². The third kappa shape index (κ3) is 2.03. The van der Waals surface area contributed by atoms with Crippen molar-refractivity contribution in [2.75, 3.05) is 13.1 Å². The average Bonchev–Trinajstić information content (AvgIpc) is 2.08. The van der Waals surface area contributed by atoms with Crippen LogP contribution in [0.15, 0.2) is 0 Å². The largest absolute Gasteiger partial charge is 0.350 e. The number of carbonyl (C=O) groups is 1. The summed E-state index contributed by atoms with van der Waals surface area (Å²) in [5.74, 6) is 0.998. The van der Waals surface area contributed by atoms with Gasteiger partial charge in [0, 0.05) is 11.5 Å². The van der Waals surface area contributed by atoms with E-state index in [1.165, 1.54) is 19.3 Å². The Hall–Kier alpha value is -0.570. The van der Waals surface area contributed by atoms with E-state index in [9.17, 15) is 4.79 Å². The Balaban J connectivity index is 1.85. The fraction of sp³-hybridized carbons (Fsp3) is 0.917. The van der Waals surface area contributed by atoms with Crippen LogP contribution in [0.3, 0.4) is 0 Å². The molecule has 15 heavy (non-hydrogen) atoms. The molecule has 2 N–H and O–H groups in total. The fourth-order valence-corrected chi connectivity index (χ4v) is 2.42. The van der Waals surface area contributed by atoms with Gasteiger partial charge in [-0.2, -0.15) is 0 Å². The minimum absolute atomic E-state index is 0.155. The molecule has 3 nitrogen and oxygen atoms in total. The Labute approximate surface area is 92.0 Å². The Kier molecular flexibility index (Phi) is 3.01. The molecule has 2 rings (SSSR count). The smallest absolute Gasteiger partial charge is 0.223 e. The van der Waals surface area contributed by atoms with E-state index in [1.54, 1.807) is 0 Å². The summed E-state index contributed by atoms with van der Waals surface area (Å²) in [6.45, 7) is 6.25. The summed E-state index contributed by atoms with van der Waals surface area (Å²) in [4.78, 5) is 12.0. The molecule has 2 fully saturated rings. The van der Waals surface area contributed by atoms with E-state index >= 15 is 0 Å². The predicted octanol–water partition coefficient (Wildman–Crippen LogP) is 1.29. The SMILES string of the molecule is CCC1(NC(=O)C(C)C2CNC2)CCC1. The van der Waals surface area contributed by atoms with Gasteiger partial charge in [-0.3, -0.25) is 4.79 Å². The van der Waals surface area contributed by atoms with Crippen LogP contribution in [0.2, 0.25) is 0 Å². The number of amides is 1. The lowest BCUT2D eigenvalue weighted by atomic mass is 9.74. The molecule has 0 aromatic carbocycles. The Morgan fingerprint density at radius 2 is 2.20 bits per heavy atom. The Bertz CT molecular complexity index is 238. The first-order chi connectivity index (χ1) is 7.17. The molecule has 1 atom stereocenters. The van der Waals surface area contributed by atoms with Gasteiger partial charge in [-0.15, -0.1) is 0 Å². The fourth-order valence-electron chi connectivity index (χ4n) is 2.42. The van der Waals surface area contributed by atoms with Gasteiger partial charge in [0.2, 0.25) is 5.91 Å². The maximum absolute atomic E-state index is 12.0. The number of hydrogen-bond donors (Lipinski definition) is 2. The maximum atomic E-state index is 12.0. The first-order valence-electron chi connectivity index (χ1n) is 6.19. The Morgan fingerprint density at radius 1 is 1.53 bits per heavy atom. The predicted molar refractivity (Wildman–Crippen MR) is 60.5 cm³/mol. The molecule has 0 spiro atoms. The molecule has 0 aromatic rings. The quantitative estimate of drug-likeness (QED) is 0.734. The van der Waals surface area contributed by atoms with Crippen LogP contribution in [-0.2, 0) is 4.79 Å². The van der Waals surface area contributed by atoms with Crippen LogP contribution in [0.4, 0.5) is 0 Å². The van der Waals surface area contributed by atoms with Crippen molar-refractivity contribution in [2.24, 2.45) is 11.8 Å². The summed E-state index contributed by atoms with van der Waals surface area (Å²) in [6, 6.07) is 0. The summed E-state index contributed by atoms with van der Waals surface area (Å²) >= 11 is 0. The van der Waals surface area contributed by atoms with Crippen molar-refractivity contribution >= 4 is 5.91 Å². The van der Waals surface area contributed by atoms with Gasteiger partial charge in [0.1, 0.15) is 0 Å². The normalized spacial score (nSPS) is 26.3. The summed E-state index contributed by atoms with van der Waals surface area (Å²) < 4.78 is 0. The van der Waals surface area contributed by atoms with Gasteiger partial charge in [0.05, 0.1) is 0 Å². The molecular weight excluding hydrogens is 188 g/mol. The zero-order valence-corrected chi connectivity index (χ0v) is 9.81. The number of nitrogens with one attached hydrogen (secondary N) is 2. The highest BCUT2D eigenvalue weighted by atomic mass is 16.2. The molecule has 0 aromatic heterocycles. The summed E-state index contributed by atoms with van der Waals surface area (Å²) in [6.07, 6.45) is 4.69. The molecule has 1 unspecified atom stereocenters. The summed E-state index contributed by atoms with van der Waals surface area (Å²) in [7, 11) is 0. The second kappa shape index (κ2) is 4.12. The molecule has 1 saturated heterocycles. The topological polar surface area (TPSA) is 41.1 Å². The van der Waals surface area contributed by atoms with Crippen molar-refractivity contribution in [3.8, 4) is 0 Å². The lowest BCUT2D eigenvalue weighted by molar-refractivity contribution is -0.130. The zero-order chi connectivity index (χ0) is 10.9. The molecular formula is C12H22N2O. The number of hydrogen-bond acceptors (Lipinski definition) is 2. The number of rotatable bonds is 4. The minimum atomic E-state index is 0.155. The molecule has 1 aliphatic carbocycles. The van der Waals surface area contributed by atoms with E-state index in [2.05, 4.69) is 24.5 Å². The van der Waals surface area contributed by atoms with Gasteiger partial charge in [-0.1, -0.05) is 13.8 Å². The lowest BCUT2D eigenvalue weighted by Crippen LogP contribution is -2.57. The van der Waals surface area contributed by atoms with Crippen LogP contribution in [0.25, 0.3) is 0 Å². The van der Waals surface area contributed by atoms with Crippen molar-refractivity contribution in [1.82, 2.24) is 10.6 Å². The van der Waals surface area contributed by atoms with Gasteiger partial charge in [-0.05, 0) is 44.7 Å². The van der Waals surface area contributed by atoms with E-state index in [0.29, 0.717) is 5.92 Å². The van der Waals surface area contributed by atoms with Crippen molar-refractivity contribution < 1.29 is 4.79 Å². The first-order valence-corrected chi connectivity index (χ1v) is 6.19. The molecule has 86 valence electrons. The molecule has 1 aliphatic heterocycles. The van der Waals surface area contributed by atoms with Crippen molar-refractivity contribution in [1.29, 1.82) is 0 Å². The lowest BCUT2D eigenvalue weighted by Gasteiger charge is -2.43.